The second kappa shape index (κ2) is 6.70. The van der Waals surface area contributed by atoms with E-state index >= 15 is 0 Å². The number of anilines is 1. The molecule has 0 radical (unpaired) electrons. The Bertz CT molecular complexity index is 985. The molecule has 0 saturated carbocycles. The van der Waals surface area contributed by atoms with Crippen molar-refractivity contribution < 1.29 is 30.0 Å². The van der Waals surface area contributed by atoms with Gasteiger partial charge in [-0.3, -0.25) is 9.69 Å². The zero-order valence-corrected chi connectivity index (χ0v) is 14.5. The minimum absolute atomic E-state index is 0.200. The number of benzene rings is 2. The average molecular weight is 389 g/mol. The number of amides is 1. The second-order valence-electron chi connectivity index (χ2n) is 5.27. The smallest absolute Gasteiger partial charge is 0.339 e. The van der Waals surface area contributed by atoms with Crippen LogP contribution < -0.4 is 4.90 Å². The van der Waals surface area contributed by atoms with E-state index in [2.05, 4.69) is 0 Å². The number of aromatic hydroxyl groups is 3. The summed E-state index contributed by atoms with van der Waals surface area (Å²) in [6, 6.07) is 7.84. The molecule has 1 fully saturated rings. The van der Waals surface area contributed by atoms with Crippen LogP contribution in [0.5, 0.6) is 17.2 Å². The molecule has 1 saturated heterocycles. The van der Waals surface area contributed by atoms with Crippen molar-refractivity contribution in [3.63, 3.8) is 0 Å². The first-order valence-electron chi connectivity index (χ1n) is 7.14. The molecule has 3 rings (SSSR count). The van der Waals surface area contributed by atoms with E-state index in [0.29, 0.717) is 5.56 Å². The van der Waals surface area contributed by atoms with Gasteiger partial charge in [-0.2, -0.15) is 0 Å². The standard InChI is InChI=1S/C17H11NO6S2/c19-11-4-2-9(7-10(11)16(23)24)18-15(22)14(26-17(18)25)6-8-1-3-12(20)13(21)5-8/h1-7,19-21H,(H,23,24)/b14-6+. The molecule has 0 aromatic heterocycles. The molecule has 1 aliphatic heterocycles. The summed E-state index contributed by atoms with van der Waals surface area (Å²) in [6.45, 7) is 0. The molecule has 9 heteroatoms. The molecule has 0 bridgehead atoms. The first-order chi connectivity index (χ1) is 12.3. The van der Waals surface area contributed by atoms with Gasteiger partial charge in [0, 0.05) is 0 Å². The fraction of sp³-hybridized carbons (Fsp3) is 0. The number of thiocarbonyl (C=S) groups is 1. The van der Waals surface area contributed by atoms with Crippen molar-refractivity contribution in [2.45, 2.75) is 0 Å². The normalized spacial score (nSPS) is 15.7. The van der Waals surface area contributed by atoms with Gasteiger partial charge < -0.3 is 20.4 Å². The van der Waals surface area contributed by atoms with E-state index in [1.807, 2.05) is 0 Å². The molecule has 7 nitrogen and oxygen atoms in total. The largest absolute Gasteiger partial charge is 0.507 e. The molecular weight excluding hydrogens is 378 g/mol. The van der Waals surface area contributed by atoms with Crippen LogP contribution in [-0.4, -0.2) is 36.6 Å². The van der Waals surface area contributed by atoms with Gasteiger partial charge in [0.2, 0.25) is 0 Å². The molecular formula is C17H11NO6S2. The Hall–Kier alpha value is -3.04. The van der Waals surface area contributed by atoms with Crippen LogP contribution in [0, 0.1) is 0 Å². The number of thioether (sulfide) groups is 1. The molecule has 0 spiro atoms. The van der Waals surface area contributed by atoms with Crippen LogP contribution in [0.4, 0.5) is 5.69 Å². The fourth-order valence-electron chi connectivity index (χ4n) is 2.31. The highest BCUT2D eigenvalue weighted by molar-refractivity contribution is 8.27. The maximum absolute atomic E-state index is 12.7. The molecule has 1 heterocycles. The predicted octanol–water partition coefficient (Wildman–Crippen LogP) is 2.91. The highest BCUT2D eigenvalue weighted by atomic mass is 32.2. The van der Waals surface area contributed by atoms with E-state index in [0.717, 1.165) is 22.7 Å². The van der Waals surface area contributed by atoms with Gasteiger partial charge in [0.05, 0.1) is 10.6 Å². The highest BCUT2D eigenvalue weighted by Crippen LogP contribution is 2.38. The van der Waals surface area contributed by atoms with E-state index in [-0.39, 0.29) is 32.0 Å². The summed E-state index contributed by atoms with van der Waals surface area (Å²) in [5.74, 6) is -2.81. The van der Waals surface area contributed by atoms with Gasteiger partial charge in [0.25, 0.3) is 5.91 Å². The first-order valence-corrected chi connectivity index (χ1v) is 8.36. The molecule has 132 valence electrons. The quantitative estimate of drug-likeness (QED) is 0.360. The minimum Gasteiger partial charge on any atom is -0.507 e. The number of carboxylic acid groups (broad SMARTS) is 1. The molecule has 0 atom stereocenters. The van der Waals surface area contributed by atoms with Crippen LogP contribution >= 0.6 is 24.0 Å². The van der Waals surface area contributed by atoms with Crippen molar-refractivity contribution in [2.75, 3.05) is 4.90 Å². The van der Waals surface area contributed by atoms with Crippen molar-refractivity contribution in [3.05, 3.63) is 52.4 Å². The Morgan fingerprint density at radius 3 is 2.38 bits per heavy atom. The topological polar surface area (TPSA) is 118 Å². The lowest BCUT2D eigenvalue weighted by molar-refractivity contribution is -0.113. The number of carbonyl (C=O) groups excluding carboxylic acids is 1. The van der Waals surface area contributed by atoms with Crippen molar-refractivity contribution in [1.82, 2.24) is 0 Å². The van der Waals surface area contributed by atoms with Gasteiger partial charge in [0.1, 0.15) is 11.3 Å². The van der Waals surface area contributed by atoms with Gasteiger partial charge in [-0.1, -0.05) is 30.0 Å². The maximum atomic E-state index is 12.7. The van der Waals surface area contributed by atoms with Crippen molar-refractivity contribution in [2.24, 2.45) is 0 Å². The first kappa shape index (κ1) is 17.8. The van der Waals surface area contributed by atoms with Gasteiger partial charge in [-0.05, 0) is 42.0 Å². The van der Waals surface area contributed by atoms with E-state index in [4.69, 9.17) is 17.3 Å². The van der Waals surface area contributed by atoms with Crippen LogP contribution in [0.15, 0.2) is 41.3 Å². The van der Waals surface area contributed by atoms with E-state index in [1.54, 1.807) is 0 Å². The number of aromatic carboxylic acids is 1. The molecule has 2 aromatic carbocycles. The second-order valence-corrected chi connectivity index (χ2v) is 6.95. The van der Waals surface area contributed by atoms with Gasteiger partial charge in [0.15, 0.2) is 15.8 Å². The highest BCUT2D eigenvalue weighted by Gasteiger charge is 2.34. The Balaban J connectivity index is 1.97. The van der Waals surface area contributed by atoms with Gasteiger partial charge in [-0.25, -0.2) is 4.79 Å². The predicted molar refractivity (Wildman–Crippen MR) is 100 cm³/mol. The van der Waals surface area contributed by atoms with Crippen LogP contribution in [-0.2, 0) is 4.79 Å². The number of carbonyl (C=O) groups is 2. The molecule has 2 aromatic rings. The van der Waals surface area contributed by atoms with E-state index in [1.165, 1.54) is 36.4 Å². The van der Waals surface area contributed by atoms with Crippen LogP contribution in [0.25, 0.3) is 6.08 Å². The fourth-order valence-corrected chi connectivity index (χ4v) is 3.61. The van der Waals surface area contributed by atoms with Crippen molar-refractivity contribution in [1.29, 1.82) is 0 Å². The number of hydrogen-bond acceptors (Lipinski definition) is 7. The summed E-state index contributed by atoms with van der Waals surface area (Å²) in [7, 11) is 0. The number of hydrogen-bond donors (Lipinski definition) is 4. The Labute approximate surface area is 156 Å². The van der Waals surface area contributed by atoms with Gasteiger partial charge in [-0.15, -0.1) is 0 Å². The van der Waals surface area contributed by atoms with Crippen molar-refractivity contribution in [3.8, 4) is 17.2 Å². The lowest BCUT2D eigenvalue weighted by atomic mass is 10.1. The number of rotatable bonds is 3. The zero-order valence-electron chi connectivity index (χ0n) is 12.9. The molecule has 0 unspecified atom stereocenters. The maximum Gasteiger partial charge on any atom is 0.339 e. The number of phenols is 3. The average Bonchev–Trinajstić information content (AvgIpc) is 2.85. The molecule has 0 aliphatic carbocycles. The summed E-state index contributed by atoms with van der Waals surface area (Å²) in [4.78, 5) is 25.3. The zero-order chi connectivity index (χ0) is 19.0. The monoisotopic (exact) mass is 389 g/mol. The third-order valence-corrected chi connectivity index (χ3v) is 4.86. The number of nitrogens with zero attached hydrogens (tertiary/aromatic N) is 1. The summed E-state index contributed by atoms with van der Waals surface area (Å²) in [5, 5.41) is 37.6. The number of phenolic OH excluding ortho intramolecular Hbond substituents is 2. The lowest BCUT2D eigenvalue weighted by Gasteiger charge is -2.15. The summed E-state index contributed by atoms with van der Waals surface area (Å²) in [6.07, 6.45) is 1.50. The summed E-state index contributed by atoms with van der Waals surface area (Å²) in [5.41, 5.74) is 0.362. The van der Waals surface area contributed by atoms with Gasteiger partial charge >= 0.3 is 5.97 Å². The SMILES string of the molecule is O=C(O)c1cc(N2C(=O)/C(=C\c3ccc(O)c(O)c3)SC2=S)ccc1O. The third kappa shape index (κ3) is 3.22. The minimum atomic E-state index is -1.33. The molecule has 1 amide bonds. The lowest BCUT2D eigenvalue weighted by Crippen LogP contribution is -2.27. The van der Waals surface area contributed by atoms with E-state index < -0.39 is 17.6 Å². The van der Waals surface area contributed by atoms with E-state index in [9.17, 15) is 24.9 Å². The van der Waals surface area contributed by atoms with Crippen LogP contribution in [0.2, 0.25) is 0 Å². The molecule has 4 N–H and O–H groups in total. The summed E-state index contributed by atoms with van der Waals surface area (Å²) < 4.78 is 0.200. The van der Waals surface area contributed by atoms with Crippen molar-refractivity contribution >= 4 is 51.9 Å². The Morgan fingerprint density at radius 1 is 1.04 bits per heavy atom. The Kier molecular flexibility index (Phi) is 4.58. The molecule has 26 heavy (non-hydrogen) atoms. The number of carboxylic acids is 1. The third-order valence-electron chi connectivity index (χ3n) is 3.56. The molecule has 1 aliphatic rings. The summed E-state index contributed by atoms with van der Waals surface area (Å²) >= 11 is 6.22. The Morgan fingerprint density at radius 2 is 1.73 bits per heavy atom. The van der Waals surface area contributed by atoms with Crippen LogP contribution in [0.1, 0.15) is 15.9 Å². The van der Waals surface area contributed by atoms with Crippen LogP contribution in [0.3, 0.4) is 0 Å².